The van der Waals surface area contributed by atoms with Crippen LogP contribution in [0.1, 0.15) is 5.69 Å². The summed E-state index contributed by atoms with van der Waals surface area (Å²) in [7, 11) is -3.73. The van der Waals surface area contributed by atoms with Crippen LogP contribution >= 0.6 is 22.9 Å². The molecule has 0 aliphatic carbocycles. The van der Waals surface area contributed by atoms with E-state index in [0.717, 1.165) is 28.4 Å². The van der Waals surface area contributed by atoms with Gasteiger partial charge in [0, 0.05) is 41.1 Å². The minimum absolute atomic E-state index is 0.0202. The fourth-order valence-corrected chi connectivity index (χ4v) is 4.31. The molecule has 0 bridgehead atoms. The maximum Gasteiger partial charge on any atom is 0.269 e. The maximum atomic E-state index is 12.3. The van der Waals surface area contributed by atoms with Gasteiger partial charge in [0.25, 0.3) is 5.69 Å². The average molecular weight is 424 g/mol. The monoisotopic (exact) mass is 423 g/mol. The van der Waals surface area contributed by atoms with Crippen molar-refractivity contribution in [2.45, 2.75) is 11.3 Å². The zero-order valence-corrected chi connectivity index (χ0v) is 16.2. The largest absolute Gasteiger partial charge is 0.269 e. The molecular weight excluding hydrogens is 410 g/mol. The van der Waals surface area contributed by atoms with E-state index in [0.29, 0.717) is 11.4 Å². The molecule has 0 fully saturated rings. The Labute approximate surface area is 164 Å². The molecule has 140 valence electrons. The van der Waals surface area contributed by atoms with Crippen molar-refractivity contribution in [2.75, 3.05) is 6.54 Å². The number of hydrogen-bond donors (Lipinski definition) is 1. The highest BCUT2D eigenvalue weighted by molar-refractivity contribution is 7.89. The van der Waals surface area contributed by atoms with Gasteiger partial charge >= 0.3 is 0 Å². The van der Waals surface area contributed by atoms with Crippen molar-refractivity contribution >= 4 is 38.6 Å². The van der Waals surface area contributed by atoms with Crippen molar-refractivity contribution in [3.8, 4) is 10.6 Å². The lowest BCUT2D eigenvalue weighted by Gasteiger charge is -2.05. The van der Waals surface area contributed by atoms with E-state index in [2.05, 4.69) is 9.71 Å². The molecule has 0 unspecified atom stereocenters. The quantitative estimate of drug-likeness (QED) is 0.458. The molecule has 27 heavy (non-hydrogen) atoms. The van der Waals surface area contributed by atoms with Crippen molar-refractivity contribution in [3.05, 3.63) is 74.7 Å². The van der Waals surface area contributed by atoms with Gasteiger partial charge < -0.3 is 0 Å². The maximum absolute atomic E-state index is 12.3. The molecule has 0 aliphatic rings. The first-order chi connectivity index (χ1) is 12.8. The number of aromatic nitrogens is 1. The van der Waals surface area contributed by atoms with Crippen molar-refractivity contribution in [1.29, 1.82) is 0 Å². The SMILES string of the molecule is O=[N+]([O-])c1ccc(S(=O)(=O)NCCc2csc(-c3ccc(Cl)cc3)n2)cc1. The Hall–Kier alpha value is -2.33. The fraction of sp³-hybridized carbons (Fsp3) is 0.118. The van der Waals surface area contributed by atoms with Gasteiger partial charge in [-0.3, -0.25) is 10.1 Å². The molecule has 7 nitrogen and oxygen atoms in total. The standard InChI is InChI=1S/C17H14ClN3O4S2/c18-13-3-1-12(2-4-13)17-20-14(11-26-17)9-10-19-27(24,25)16-7-5-15(6-8-16)21(22)23/h1-8,11,19H,9-10H2. The summed E-state index contributed by atoms with van der Waals surface area (Å²) in [6.45, 7) is 0.170. The van der Waals surface area contributed by atoms with Crippen LogP contribution in [0.25, 0.3) is 10.6 Å². The Kier molecular flexibility index (Phi) is 5.85. The van der Waals surface area contributed by atoms with E-state index in [1.807, 2.05) is 17.5 Å². The van der Waals surface area contributed by atoms with Gasteiger partial charge in [-0.2, -0.15) is 0 Å². The second-order valence-electron chi connectivity index (χ2n) is 5.55. The second-order valence-corrected chi connectivity index (χ2v) is 8.61. The summed E-state index contributed by atoms with van der Waals surface area (Å²) in [5.74, 6) is 0. The second kappa shape index (κ2) is 8.13. The number of nitro groups is 1. The molecule has 2 aromatic carbocycles. The Bertz CT molecular complexity index is 1050. The summed E-state index contributed by atoms with van der Waals surface area (Å²) in [5, 5.41) is 14.0. The number of nitrogens with zero attached hydrogens (tertiary/aromatic N) is 2. The third-order valence-corrected chi connectivity index (χ3v) is 6.34. The number of rotatable bonds is 7. The minimum Gasteiger partial charge on any atom is -0.258 e. The number of hydrogen-bond acceptors (Lipinski definition) is 6. The molecule has 0 spiro atoms. The highest BCUT2D eigenvalue weighted by atomic mass is 35.5. The van der Waals surface area contributed by atoms with Gasteiger partial charge in [-0.1, -0.05) is 23.7 Å². The van der Waals surface area contributed by atoms with Gasteiger partial charge in [0.05, 0.1) is 15.5 Å². The number of thiazole rings is 1. The Balaban J connectivity index is 1.60. The predicted octanol–water partition coefficient (Wildman–Crippen LogP) is 3.89. The van der Waals surface area contributed by atoms with Crippen LogP contribution in [0.4, 0.5) is 5.69 Å². The number of sulfonamides is 1. The van der Waals surface area contributed by atoms with Crippen LogP contribution in [0, 0.1) is 10.1 Å². The number of benzene rings is 2. The topological polar surface area (TPSA) is 102 Å². The van der Waals surface area contributed by atoms with E-state index >= 15 is 0 Å². The minimum atomic E-state index is -3.73. The van der Waals surface area contributed by atoms with Crippen molar-refractivity contribution < 1.29 is 13.3 Å². The molecule has 0 radical (unpaired) electrons. The molecule has 1 N–H and O–H groups in total. The summed E-state index contributed by atoms with van der Waals surface area (Å²) in [5.41, 5.74) is 1.56. The van der Waals surface area contributed by atoms with Crippen LogP contribution in [0.2, 0.25) is 5.02 Å². The van der Waals surface area contributed by atoms with E-state index in [9.17, 15) is 18.5 Å². The number of non-ortho nitro benzene ring substituents is 1. The Morgan fingerprint density at radius 1 is 1.11 bits per heavy atom. The molecule has 0 atom stereocenters. The third-order valence-electron chi connectivity index (χ3n) is 3.67. The molecule has 3 aromatic rings. The highest BCUT2D eigenvalue weighted by Gasteiger charge is 2.15. The molecule has 0 amide bonds. The lowest BCUT2D eigenvalue weighted by molar-refractivity contribution is -0.384. The van der Waals surface area contributed by atoms with Gasteiger partial charge in [0.2, 0.25) is 10.0 Å². The summed E-state index contributed by atoms with van der Waals surface area (Å²) in [6.07, 6.45) is 0.427. The summed E-state index contributed by atoms with van der Waals surface area (Å²) in [4.78, 5) is 14.5. The predicted molar refractivity (Wildman–Crippen MR) is 105 cm³/mol. The molecule has 0 saturated heterocycles. The average Bonchev–Trinajstić information content (AvgIpc) is 3.11. The molecule has 3 rings (SSSR count). The van der Waals surface area contributed by atoms with Gasteiger partial charge in [-0.25, -0.2) is 18.1 Å². The molecule has 1 aromatic heterocycles. The third kappa shape index (κ3) is 4.89. The number of nitrogens with one attached hydrogen (secondary N) is 1. The van der Waals surface area contributed by atoms with Gasteiger partial charge in [0.1, 0.15) is 5.01 Å². The molecule has 0 saturated carbocycles. The highest BCUT2D eigenvalue weighted by Crippen LogP contribution is 2.25. The first kappa shape index (κ1) is 19.4. The van der Waals surface area contributed by atoms with Gasteiger partial charge in [-0.15, -0.1) is 11.3 Å². The van der Waals surface area contributed by atoms with Crippen LogP contribution in [0.15, 0.2) is 58.8 Å². The first-order valence-corrected chi connectivity index (χ1v) is 10.5. The van der Waals surface area contributed by atoms with Crippen molar-refractivity contribution in [2.24, 2.45) is 0 Å². The van der Waals surface area contributed by atoms with Gasteiger partial charge in [-0.05, 0) is 24.3 Å². The summed E-state index contributed by atoms with van der Waals surface area (Å²) in [6, 6.07) is 12.1. The smallest absolute Gasteiger partial charge is 0.258 e. The van der Waals surface area contributed by atoms with Crippen LogP contribution in [0.5, 0.6) is 0 Å². The molecule has 10 heteroatoms. The Morgan fingerprint density at radius 3 is 2.41 bits per heavy atom. The number of halogens is 1. The van der Waals surface area contributed by atoms with E-state index in [1.54, 1.807) is 12.1 Å². The first-order valence-electron chi connectivity index (χ1n) is 7.79. The van der Waals surface area contributed by atoms with E-state index in [4.69, 9.17) is 11.6 Å². The fourth-order valence-electron chi connectivity index (χ4n) is 2.29. The van der Waals surface area contributed by atoms with Crippen LogP contribution in [-0.2, 0) is 16.4 Å². The van der Waals surface area contributed by atoms with Crippen LogP contribution < -0.4 is 4.72 Å². The number of nitro benzene ring substituents is 1. The van der Waals surface area contributed by atoms with E-state index in [1.165, 1.54) is 23.5 Å². The van der Waals surface area contributed by atoms with Crippen molar-refractivity contribution in [3.63, 3.8) is 0 Å². The molecule has 0 aliphatic heterocycles. The molecular formula is C17H14ClN3O4S2. The lowest BCUT2D eigenvalue weighted by atomic mass is 10.2. The van der Waals surface area contributed by atoms with Crippen LogP contribution in [0.3, 0.4) is 0 Å². The van der Waals surface area contributed by atoms with E-state index in [-0.39, 0.29) is 17.1 Å². The van der Waals surface area contributed by atoms with Gasteiger partial charge in [0.15, 0.2) is 0 Å². The zero-order valence-electron chi connectivity index (χ0n) is 13.8. The summed E-state index contributed by atoms with van der Waals surface area (Å²) >= 11 is 7.35. The van der Waals surface area contributed by atoms with Crippen LogP contribution in [-0.4, -0.2) is 24.9 Å². The summed E-state index contributed by atoms with van der Waals surface area (Å²) < 4.78 is 27.0. The van der Waals surface area contributed by atoms with Crippen molar-refractivity contribution in [1.82, 2.24) is 9.71 Å². The van der Waals surface area contributed by atoms with E-state index < -0.39 is 14.9 Å². The Morgan fingerprint density at radius 2 is 1.78 bits per heavy atom. The zero-order chi connectivity index (χ0) is 19.4. The normalized spacial score (nSPS) is 11.4. The lowest BCUT2D eigenvalue weighted by Crippen LogP contribution is -2.26. The molecule has 1 heterocycles.